The predicted octanol–water partition coefficient (Wildman–Crippen LogP) is 6.08. The number of halogens is 2. The highest BCUT2D eigenvalue weighted by molar-refractivity contribution is 14.1. The van der Waals surface area contributed by atoms with E-state index in [1.165, 1.54) is 12.1 Å². The molecular weight excluding hydrogens is 456 g/mol. The summed E-state index contributed by atoms with van der Waals surface area (Å²) in [5.74, 6) is 1.04. The Balaban J connectivity index is 1.80. The fraction of sp³-hybridized carbons (Fsp3) is 0.136. The number of methoxy groups -OCH3 is 1. The van der Waals surface area contributed by atoms with Gasteiger partial charge in [0, 0.05) is 6.21 Å². The van der Waals surface area contributed by atoms with Gasteiger partial charge in [0.05, 0.1) is 16.4 Å². The molecule has 3 rings (SSSR count). The van der Waals surface area contributed by atoms with Crippen LogP contribution in [-0.2, 0) is 6.61 Å². The van der Waals surface area contributed by atoms with Gasteiger partial charge in [-0.1, -0.05) is 30.3 Å². The molecule has 138 valence electrons. The van der Waals surface area contributed by atoms with Crippen molar-refractivity contribution in [2.24, 2.45) is 4.99 Å². The van der Waals surface area contributed by atoms with Crippen LogP contribution in [0, 0.1) is 16.3 Å². The van der Waals surface area contributed by atoms with Crippen LogP contribution in [0.5, 0.6) is 11.5 Å². The van der Waals surface area contributed by atoms with Crippen molar-refractivity contribution in [3.63, 3.8) is 0 Å². The monoisotopic (exact) mass is 475 g/mol. The number of aryl methyl sites for hydroxylation is 1. The first-order valence-corrected chi connectivity index (χ1v) is 9.49. The maximum absolute atomic E-state index is 13.0. The highest BCUT2D eigenvalue weighted by Crippen LogP contribution is 2.34. The Kier molecular flexibility index (Phi) is 6.45. The summed E-state index contributed by atoms with van der Waals surface area (Å²) in [7, 11) is 1.61. The summed E-state index contributed by atoms with van der Waals surface area (Å²) in [6.07, 6.45) is 1.82. The zero-order chi connectivity index (χ0) is 19.2. The molecule has 0 radical (unpaired) electrons. The lowest BCUT2D eigenvalue weighted by molar-refractivity contribution is 0.282. The van der Waals surface area contributed by atoms with Gasteiger partial charge in [-0.3, -0.25) is 4.99 Å². The maximum Gasteiger partial charge on any atom is 0.174 e. The molecule has 0 atom stereocenters. The minimum atomic E-state index is -0.261. The number of rotatable bonds is 6. The van der Waals surface area contributed by atoms with Gasteiger partial charge >= 0.3 is 0 Å². The number of aliphatic imine (C=N–C) groups is 1. The van der Waals surface area contributed by atoms with Gasteiger partial charge in [-0.15, -0.1) is 0 Å². The van der Waals surface area contributed by atoms with Gasteiger partial charge in [-0.25, -0.2) is 4.39 Å². The van der Waals surface area contributed by atoms with E-state index in [2.05, 4.69) is 27.6 Å². The van der Waals surface area contributed by atoms with Crippen molar-refractivity contribution in [3.05, 3.63) is 86.7 Å². The lowest BCUT2D eigenvalue weighted by atomic mass is 10.2. The van der Waals surface area contributed by atoms with Gasteiger partial charge in [-0.05, 0) is 76.5 Å². The number of para-hydroxylation sites is 1. The van der Waals surface area contributed by atoms with E-state index in [4.69, 9.17) is 9.47 Å². The summed E-state index contributed by atoms with van der Waals surface area (Å²) in [6.45, 7) is 2.37. The molecule has 0 heterocycles. The van der Waals surface area contributed by atoms with Gasteiger partial charge in [0.1, 0.15) is 12.4 Å². The minimum absolute atomic E-state index is 0.261. The van der Waals surface area contributed by atoms with Gasteiger partial charge < -0.3 is 9.47 Å². The smallest absolute Gasteiger partial charge is 0.174 e. The molecule has 0 aliphatic rings. The molecular formula is C22H19FINO2. The van der Waals surface area contributed by atoms with Crippen molar-refractivity contribution < 1.29 is 13.9 Å². The number of nitrogens with zero attached hydrogens (tertiary/aromatic N) is 1. The SMILES string of the molecule is COc1cc(C=Nc2ccccc2C)cc(I)c1OCc1ccc(F)cc1. The van der Waals surface area contributed by atoms with Crippen molar-refractivity contribution >= 4 is 34.5 Å². The first-order valence-electron chi connectivity index (χ1n) is 8.41. The molecule has 0 saturated carbocycles. The van der Waals surface area contributed by atoms with Crippen LogP contribution in [0.15, 0.2) is 65.7 Å². The zero-order valence-corrected chi connectivity index (χ0v) is 17.2. The summed E-state index contributed by atoms with van der Waals surface area (Å²) >= 11 is 2.22. The second kappa shape index (κ2) is 8.99. The molecule has 0 spiro atoms. The van der Waals surface area contributed by atoms with E-state index in [0.29, 0.717) is 18.1 Å². The second-order valence-corrected chi connectivity index (χ2v) is 7.16. The molecule has 0 N–H and O–H groups in total. The second-order valence-electron chi connectivity index (χ2n) is 5.99. The van der Waals surface area contributed by atoms with Crippen LogP contribution in [0.2, 0.25) is 0 Å². The fourth-order valence-corrected chi connectivity index (χ4v) is 3.32. The third-order valence-electron chi connectivity index (χ3n) is 4.02. The zero-order valence-electron chi connectivity index (χ0n) is 15.1. The van der Waals surface area contributed by atoms with Crippen LogP contribution < -0.4 is 9.47 Å². The first kappa shape index (κ1) is 19.4. The summed E-state index contributed by atoms with van der Waals surface area (Å²) in [5.41, 5.74) is 3.87. The quantitative estimate of drug-likeness (QED) is 0.320. The van der Waals surface area contributed by atoms with Crippen LogP contribution in [-0.4, -0.2) is 13.3 Å². The van der Waals surface area contributed by atoms with Crippen LogP contribution in [0.1, 0.15) is 16.7 Å². The van der Waals surface area contributed by atoms with Crippen LogP contribution in [0.3, 0.4) is 0 Å². The highest BCUT2D eigenvalue weighted by atomic mass is 127. The normalized spacial score (nSPS) is 11.0. The van der Waals surface area contributed by atoms with Gasteiger partial charge in [0.25, 0.3) is 0 Å². The fourth-order valence-electron chi connectivity index (χ4n) is 2.54. The average Bonchev–Trinajstić information content (AvgIpc) is 2.67. The first-order chi connectivity index (χ1) is 13.1. The molecule has 5 heteroatoms. The van der Waals surface area contributed by atoms with E-state index in [9.17, 15) is 4.39 Å². The molecule has 0 aromatic heterocycles. The maximum atomic E-state index is 13.0. The van der Waals surface area contributed by atoms with Gasteiger partial charge in [0.2, 0.25) is 0 Å². The Morgan fingerprint density at radius 2 is 1.81 bits per heavy atom. The Hall–Kier alpha value is -2.41. The van der Waals surface area contributed by atoms with Crippen molar-refractivity contribution in [2.75, 3.05) is 7.11 Å². The molecule has 27 heavy (non-hydrogen) atoms. The molecule has 0 unspecified atom stereocenters. The van der Waals surface area contributed by atoms with Crippen LogP contribution >= 0.6 is 22.6 Å². The third kappa shape index (κ3) is 5.07. The van der Waals surface area contributed by atoms with Crippen molar-refractivity contribution in [1.29, 1.82) is 0 Å². The molecule has 0 bridgehead atoms. The van der Waals surface area contributed by atoms with E-state index in [0.717, 1.165) is 25.9 Å². The number of hydrogen-bond acceptors (Lipinski definition) is 3. The lowest BCUT2D eigenvalue weighted by Crippen LogP contribution is -2.01. The Morgan fingerprint density at radius 3 is 2.52 bits per heavy atom. The number of ether oxygens (including phenoxy) is 2. The molecule has 0 saturated heterocycles. The molecule has 0 aliphatic carbocycles. The molecule has 3 aromatic rings. The lowest BCUT2D eigenvalue weighted by Gasteiger charge is -2.13. The van der Waals surface area contributed by atoms with Crippen LogP contribution in [0.4, 0.5) is 10.1 Å². The molecule has 3 aromatic carbocycles. The molecule has 0 amide bonds. The van der Waals surface area contributed by atoms with Crippen molar-refractivity contribution in [3.8, 4) is 11.5 Å². The molecule has 0 fully saturated rings. The minimum Gasteiger partial charge on any atom is -0.493 e. The number of benzene rings is 3. The summed E-state index contributed by atoms with van der Waals surface area (Å²) in [5, 5.41) is 0. The summed E-state index contributed by atoms with van der Waals surface area (Å²) < 4.78 is 25.4. The Morgan fingerprint density at radius 1 is 1.07 bits per heavy atom. The standard InChI is InChI=1S/C22H19FINO2/c1-15-5-3-4-6-20(15)25-13-17-11-19(24)22(21(12-17)26-2)27-14-16-7-9-18(23)10-8-16/h3-13H,14H2,1-2H3. The highest BCUT2D eigenvalue weighted by Gasteiger charge is 2.11. The topological polar surface area (TPSA) is 30.8 Å². The largest absolute Gasteiger partial charge is 0.493 e. The van der Waals surface area contributed by atoms with Gasteiger partial charge in [0.15, 0.2) is 11.5 Å². The molecule has 0 aliphatic heterocycles. The van der Waals surface area contributed by atoms with E-state index in [-0.39, 0.29) is 5.82 Å². The van der Waals surface area contributed by atoms with Crippen LogP contribution in [0.25, 0.3) is 0 Å². The summed E-state index contributed by atoms with van der Waals surface area (Å²) in [4.78, 5) is 4.56. The predicted molar refractivity (Wildman–Crippen MR) is 115 cm³/mol. The number of hydrogen-bond donors (Lipinski definition) is 0. The van der Waals surface area contributed by atoms with E-state index >= 15 is 0 Å². The van der Waals surface area contributed by atoms with Crippen molar-refractivity contribution in [2.45, 2.75) is 13.5 Å². The average molecular weight is 475 g/mol. The van der Waals surface area contributed by atoms with E-state index in [1.807, 2.05) is 49.5 Å². The molecule has 3 nitrogen and oxygen atoms in total. The van der Waals surface area contributed by atoms with Gasteiger partial charge in [-0.2, -0.15) is 0 Å². The van der Waals surface area contributed by atoms with Crippen molar-refractivity contribution in [1.82, 2.24) is 0 Å². The summed E-state index contributed by atoms with van der Waals surface area (Å²) in [6, 6.07) is 18.1. The Labute approximate surface area is 172 Å². The van der Waals surface area contributed by atoms with E-state index in [1.54, 1.807) is 19.2 Å². The third-order valence-corrected chi connectivity index (χ3v) is 4.82. The van der Waals surface area contributed by atoms with E-state index < -0.39 is 0 Å². The Bertz CT molecular complexity index is 955.